The van der Waals surface area contributed by atoms with Crippen molar-refractivity contribution in [1.29, 1.82) is 0 Å². The normalized spacial score (nSPS) is 20.5. The van der Waals surface area contributed by atoms with Crippen molar-refractivity contribution in [2.75, 3.05) is 18.4 Å². The third-order valence-electron chi connectivity index (χ3n) is 3.16. The van der Waals surface area contributed by atoms with E-state index in [0.717, 1.165) is 18.2 Å². The highest BCUT2D eigenvalue weighted by Gasteiger charge is 2.18. The first-order valence-electron chi connectivity index (χ1n) is 6.22. The van der Waals surface area contributed by atoms with Gasteiger partial charge in [-0.15, -0.1) is 0 Å². The van der Waals surface area contributed by atoms with E-state index in [9.17, 15) is 4.79 Å². The van der Waals surface area contributed by atoms with Crippen molar-refractivity contribution in [2.45, 2.75) is 26.8 Å². The summed E-state index contributed by atoms with van der Waals surface area (Å²) in [6, 6.07) is 8.11. The van der Waals surface area contributed by atoms with Crippen LogP contribution in [0, 0.1) is 5.92 Å². The van der Waals surface area contributed by atoms with Gasteiger partial charge < -0.3 is 5.32 Å². The molecule has 1 atom stereocenters. The molecule has 0 bridgehead atoms. The highest BCUT2D eigenvalue weighted by Crippen LogP contribution is 2.19. The number of carbonyl (C=O) groups is 1. The summed E-state index contributed by atoms with van der Waals surface area (Å²) in [6.07, 6.45) is 1.30. The van der Waals surface area contributed by atoms with Gasteiger partial charge in [-0.1, -0.05) is 19.1 Å². The molecule has 17 heavy (non-hydrogen) atoms. The van der Waals surface area contributed by atoms with E-state index >= 15 is 0 Å². The lowest BCUT2D eigenvalue weighted by atomic mass is 10.1. The van der Waals surface area contributed by atoms with Crippen molar-refractivity contribution in [2.24, 2.45) is 5.92 Å². The molecule has 1 N–H and O–H groups in total. The van der Waals surface area contributed by atoms with Gasteiger partial charge in [-0.05, 0) is 36.6 Å². The number of likely N-dealkylation sites (tertiary alicyclic amines) is 1. The number of hydrogen-bond acceptors (Lipinski definition) is 2. The quantitative estimate of drug-likeness (QED) is 0.868. The Hall–Kier alpha value is -1.35. The summed E-state index contributed by atoms with van der Waals surface area (Å²) in [4.78, 5) is 13.5. The standard InChI is InChI=1S/C14H20N2O/c1-11-6-7-16(9-11)10-13-4-3-5-14(8-13)15-12(2)17/h3-5,8,11H,6-7,9-10H2,1-2H3,(H,15,17). The van der Waals surface area contributed by atoms with E-state index in [2.05, 4.69) is 29.3 Å². The molecule has 0 radical (unpaired) electrons. The number of nitrogens with one attached hydrogen (secondary N) is 1. The molecular formula is C14H20N2O. The number of benzene rings is 1. The van der Waals surface area contributed by atoms with Gasteiger partial charge in [-0.2, -0.15) is 0 Å². The van der Waals surface area contributed by atoms with Crippen LogP contribution in [0.25, 0.3) is 0 Å². The Kier molecular flexibility index (Phi) is 3.79. The maximum Gasteiger partial charge on any atom is 0.221 e. The third kappa shape index (κ3) is 3.56. The number of nitrogens with zero attached hydrogens (tertiary/aromatic N) is 1. The van der Waals surface area contributed by atoms with E-state index in [1.807, 2.05) is 12.1 Å². The summed E-state index contributed by atoms with van der Waals surface area (Å²) < 4.78 is 0. The summed E-state index contributed by atoms with van der Waals surface area (Å²) >= 11 is 0. The molecule has 1 fully saturated rings. The topological polar surface area (TPSA) is 32.3 Å². The number of rotatable bonds is 3. The molecule has 92 valence electrons. The summed E-state index contributed by atoms with van der Waals surface area (Å²) in [5.41, 5.74) is 2.16. The van der Waals surface area contributed by atoms with Crippen LogP contribution in [0.5, 0.6) is 0 Å². The Bertz CT molecular complexity index is 403. The van der Waals surface area contributed by atoms with Crippen LogP contribution in [0.15, 0.2) is 24.3 Å². The van der Waals surface area contributed by atoms with Crippen LogP contribution in [0.2, 0.25) is 0 Å². The minimum Gasteiger partial charge on any atom is -0.326 e. The Morgan fingerprint density at radius 3 is 3.00 bits per heavy atom. The predicted molar refractivity (Wildman–Crippen MR) is 69.8 cm³/mol. The molecule has 2 rings (SSSR count). The first kappa shape index (κ1) is 12.1. The average molecular weight is 232 g/mol. The Morgan fingerprint density at radius 1 is 1.53 bits per heavy atom. The largest absolute Gasteiger partial charge is 0.326 e. The molecule has 1 aliphatic heterocycles. The van der Waals surface area contributed by atoms with Gasteiger partial charge in [0.1, 0.15) is 0 Å². The minimum atomic E-state index is -0.0167. The minimum absolute atomic E-state index is 0.0167. The predicted octanol–water partition coefficient (Wildman–Crippen LogP) is 2.49. The third-order valence-corrected chi connectivity index (χ3v) is 3.16. The van der Waals surface area contributed by atoms with Gasteiger partial charge in [0, 0.05) is 25.7 Å². The van der Waals surface area contributed by atoms with Crippen LogP contribution in [0.3, 0.4) is 0 Å². The maximum absolute atomic E-state index is 11.0. The van der Waals surface area contributed by atoms with E-state index in [4.69, 9.17) is 0 Å². The zero-order valence-electron chi connectivity index (χ0n) is 10.6. The zero-order valence-corrected chi connectivity index (χ0v) is 10.6. The fourth-order valence-electron chi connectivity index (χ4n) is 2.38. The fourth-order valence-corrected chi connectivity index (χ4v) is 2.38. The van der Waals surface area contributed by atoms with E-state index < -0.39 is 0 Å². The summed E-state index contributed by atoms with van der Waals surface area (Å²) in [7, 11) is 0. The molecule has 1 aliphatic rings. The lowest BCUT2D eigenvalue weighted by Gasteiger charge is -2.15. The highest BCUT2D eigenvalue weighted by atomic mass is 16.1. The second-order valence-electron chi connectivity index (χ2n) is 5.01. The van der Waals surface area contributed by atoms with E-state index in [0.29, 0.717) is 0 Å². The van der Waals surface area contributed by atoms with Gasteiger partial charge in [0.05, 0.1) is 0 Å². The van der Waals surface area contributed by atoms with Crippen molar-refractivity contribution in [3.8, 4) is 0 Å². The van der Waals surface area contributed by atoms with Crippen molar-refractivity contribution in [3.63, 3.8) is 0 Å². The summed E-state index contributed by atoms with van der Waals surface area (Å²) in [5.74, 6) is 0.797. The van der Waals surface area contributed by atoms with Gasteiger partial charge in [0.25, 0.3) is 0 Å². The van der Waals surface area contributed by atoms with Gasteiger partial charge in [0.2, 0.25) is 5.91 Å². The summed E-state index contributed by atoms with van der Waals surface area (Å²) in [6.45, 7) is 7.19. The molecule has 1 aromatic rings. The molecule has 0 aliphatic carbocycles. The molecule has 3 nitrogen and oxygen atoms in total. The lowest BCUT2D eigenvalue weighted by Crippen LogP contribution is -2.19. The lowest BCUT2D eigenvalue weighted by molar-refractivity contribution is -0.114. The second kappa shape index (κ2) is 5.32. The molecule has 0 aromatic heterocycles. The Labute approximate surface area is 103 Å². The number of amides is 1. The van der Waals surface area contributed by atoms with Gasteiger partial charge in [0.15, 0.2) is 0 Å². The summed E-state index contributed by atoms with van der Waals surface area (Å²) in [5, 5.41) is 2.82. The molecule has 1 saturated heterocycles. The molecule has 3 heteroatoms. The monoisotopic (exact) mass is 232 g/mol. The van der Waals surface area contributed by atoms with Crippen LogP contribution < -0.4 is 5.32 Å². The van der Waals surface area contributed by atoms with Crippen LogP contribution in [-0.2, 0) is 11.3 Å². The van der Waals surface area contributed by atoms with Crippen LogP contribution in [0.1, 0.15) is 25.8 Å². The molecule has 0 spiro atoms. The highest BCUT2D eigenvalue weighted by molar-refractivity contribution is 5.88. The molecular weight excluding hydrogens is 212 g/mol. The van der Waals surface area contributed by atoms with Crippen LogP contribution in [0.4, 0.5) is 5.69 Å². The SMILES string of the molecule is CC(=O)Nc1cccc(CN2CCC(C)C2)c1. The Morgan fingerprint density at radius 2 is 2.35 bits per heavy atom. The van der Waals surface area contributed by atoms with Crippen molar-refractivity contribution >= 4 is 11.6 Å². The van der Waals surface area contributed by atoms with Gasteiger partial charge in [-0.3, -0.25) is 9.69 Å². The van der Waals surface area contributed by atoms with E-state index in [1.54, 1.807) is 0 Å². The smallest absolute Gasteiger partial charge is 0.221 e. The molecule has 1 heterocycles. The zero-order chi connectivity index (χ0) is 12.3. The van der Waals surface area contributed by atoms with E-state index in [-0.39, 0.29) is 5.91 Å². The van der Waals surface area contributed by atoms with Gasteiger partial charge >= 0.3 is 0 Å². The second-order valence-corrected chi connectivity index (χ2v) is 5.01. The van der Waals surface area contributed by atoms with Crippen LogP contribution in [-0.4, -0.2) is 23.9 Å². The van der Waals surface area contributed by atoms with E-state index in [1.165, 1.54) is 32.0 Å². The Balaban J connectivity index is 1.98. The molecule has 1 aromatic carbocycles. The maximum atomic E-state index is 11.0. The number of hydrogen-bond donors (Lipinski definition) is 1. The number of carbonyl (C=O) groups excluding carboxylic acids is 1. The molecule has 1 unspecified atom stereocenters. The molecule has 0 saturated carbocycles. The first-order chi connectivity index (χ1) is 8.13. The van der Waals surface area contributed by atoms with Crippen molar-refractivity contribution in [3.05, 3.63) is 29.8 Å². The average Bonchev–Trinajstić information content (AvgIpc) is 2.63. The first-order valence-corrected chi connectivity index (χ1v) is 6.22. The molecule has 1 amide bonds. The van der Waals surface area contributed by atoms with Crippen molar-refractivity contribution < 1.29 is 4.79 Å². The van der Waals surface area contributed by atoms with Gasteiger partial charge in [-0.25, -0.2) is 0 Å². The van der Waals surface area contributed by atoms with Crippen LogP contribution >= 0.6 is 0 Å². The van der Waals surface area contributed by atoms with Crippen molar-refractivity contribution in [1.82, 2.24) is 4.90 Å². The number of anilines is 1. The fraction of sp³-hybridized carbons (Fsp3) is 0.500.